The van der Waals surface area contributed by atoms with E-state index in [0.29, 0.717) is 36.9 Å². The van der Waals surface area contributed by atoms with Gasteiger partial charge in [0, 0.05) is 37.3 Å². The summed E-state index contributed by atoms with van der Waals surface area (Å²) >= 11 is 0. The highest BCUT2D eigenvalue weighted by Crippen LogP contribution is 2.26. The number of carbonyl (C=O) groups excluding carboxylic acids is 10. The van der Waals surface area contributed by atoms with E-state index in [1.54, 1.807) is 56.3 Å². The van der Waals surface area contributed by atoms with E-state index in [9.17, 15) is 66.2 Å². The van der Waals surface area contributed by atoms with Gasteiger partial charge in [0.05, 0.1) is 13.0 Å². The molecule has 78 heavy (non-hydrogen) atoms. The van der Waals surface area contributed by atoms with Gasteiger partial charge in [-0.3, -0.25) is 47.9 Å². The van der Waals surface area contributed by atoms with Crippen LogP contribution >= 0.6 is 21.6 Å². The number of rotatable bonds is 18. The minimum absolute atomic E-state index is 0.00810. The van der Waals surface area contributed by atoms with Gasteiger partial charge in [0.25, 0.3) is 0 Å². The van der Waals surface area contributed by atoms with Gasteiger partial charge in [-0.2, -0.15) is 13.2 Å². The SMILES string of the molecule is CC(C)CC1NC(=O)C(Cc2ccccc2)NC(=O)C(Cc2ccc(O)cc2)NC(=O)CCSSCC(C(=O)N2CCCC2C(=O)NC(CCCCN)C(=O)NCC(N)=O)NC(=O)C(CC(N)=O)NC1=O.O=C(O)C(F)(F)F. The lowest BCUT2D eigenvalue weighted by atomic mass is 9.99. The maximum atomic E-state index is 14.5. The first-order valence-corrected chi connectivity index (χ1v) is 27.3. The Hall–Kier alpha value is -7.14. The van der Waals surface area contributed by atoms with Crippen molar-refractivity contribution in [3.05, 3.63) is 65.7 Å². The van der Waals surface area contributed by atoms with E-state index in [2.05, 4.69) is 37.2 Å². The third kappa shape index (κ3) is 23.2. The summed E-state index contributed by atoms with van der Waals surface area (Å²) < 4.78 is 31.7. The number of carboxylic acids is 1. The number of hydrogen-bond donors (Lipinski definition) is 12. The first-order chi connectivity index (χ1) is 36.8. The zero-order chi connectivity index (χ0) is 58.1. The molecule has 7 atom stereocenters. The minimum atomic E-state index is -5.08. The number of nitrogens with one attached hydrogen (secondary N) is 7. The Morgan fingerprint density at radius 3 is 1.91 bits per heavy atom. The Morgan fingerprint density at radius 2 is 1.33 bits per heavy atom. The van der Waals surface area contributed by atoms with Gasteiger partial charge in [0.15, 0.2) is 0 Å². The van der Waals surface area contributed by atoms with Gasteiger partial charge in [-0.05, 0) is 74.2 Å². The predicted octanol–water partition coefficient (Wildman–Crippen LogP) is -0.852. The molecular weight excluding hydrogens is 1070 g/mol. The Morgan fingerprint density at radius 1 is 0.769 bits per heavy atom. The molecule has 10 amide bonds. The van der Waals surface area contributed by atoms with Crippen LogP contribution in [0, 0.1) is 5.92 Å². The van der Waals surface area contributed by atoms with E-state index in [1.807, 2.05) is 0 Å². The van der Waals surface area contributed by atoms with Gasteiger partial charge in [-0.25, -0.2) is 4.79 Å². The third-order valence-corrected chi connectivity index (χ3v) is 14.2. The number of halogens is 3. The number of amides is 10. The number of hydrogen-bond acceptors (Lipinski definition) is 15. The van der Waals surface area contributed by atoms with Crippen molar-refractivity contribution < 1.29 is 76.1 Å². The Labute approximate surface area is 455 Å². The van der Waals surface area contributed by atoms with E-state index in [-0.39, 0.29) is 68.2 Å². The second kappa shape index (κ2) is 32.6. The predicted molar refractivity (Wildman–Crippen MR) is 280 cm³/mol. The van der Waals surface area contributed by atoms with Crippen LogP contribution in [0.4, 0.5) is 13.2 Å². The second-order valence-corrected chi connectivity index (χ2v) is 21.2. The Balaban J connectivity index is 0.00000213. The van der Waals surface area contributed by atoms with Gasteiger partial charge in [0.1, 0.15) is 48.0 Å². The first-order valence-electron chi connectivity index (χ1n) is 24.8. The molecule has 0 aliphatic carbocycles. The summed E-state index contributed by atoms with van der Waals surface area (Å²) in [7, 11) is 2.29. The fourth-order valence-electron chi connectivity index (χ4n) is 7.92. The van der Waals surface area contributed by atoms with Crippen LogP contribution in [0.5, 0.6) is 5.75 Å². The Bertz CT molecular complexity index is 2410. The van der Waals surface area contributed by atoms with Crippen molar-refractivity contribution in [1.29, 1.82) is 0 Å². The molecule has 2 saturated heterocycles. The highest BCUT2D eigenvalue weighted by atomic mass is 33.1. The summed E-state index contributed by atoms with van der Waals surface area (Å²) in [6, 6.07) is 5.88. The molecule has 29 heteroatoms. The van der Waals surface area contributed by atoms with Crippen LogP contribution in [0.3, 0.4) is 0 Å². The van der Waals surface area contributed by atoms with Crippen LogP contribution in [0.1, 0.15) is 76.3 Å². The van der Waals surface area contributed by atoms with E-state index in [4.69, 9.17) is 27.1 Å². The fourth-order valence-corrected chi connectivity index (χ4v) is 10.1. The highest BCUT2D eigenvalue weighted by molar-refractivity contribution is 8.76. The molecular formula is C49H68F3N11O13S2. The number of benzene rings is 2. The van der Waals surface area contributed by atoms with Crippen molar-refractivity contribution in [3.63, 3.8) is 0 Å². The summed E-state index contributed by atoms with van der Waals surface area (Å²) in [4.78, 5) is 146. The zero-order valence-corrected chi connectivity index (χ0v) is 44.6. The number of primary amides is 2. The molecule has 2 fully saturated rings. The van der Waals surface area contributed by atoms with Gasteiger partial charge in [-0.15, -0.1) is 0 Å². The van der Waals surface area contributed by atoms with Crippen molar-refractivity contribution in [3.8, 4) is 5.75 Å². The number of phenolic OH excluding ortho intramolecular Hbond substituents is 1. The molecule has 0 radical (unpaired) electrons. The van der Waals surface area contributed by atoms with Crippen LogP contribution in [-0.4, -0.2) is 160 Å². The molecule has 4 rings (SSSR count). The number of carbonyl (C=O) groups is 11. The quantitative estimate of drug-likeness (QED) is 0.0639. The van der Waals surface area contributed by atoms with E-state index >= 15 is 0 Å². The molecule has 2 aliphatic rings. The lowest BCUT2D eigenvalue weighted by Crippen LogP contribution is -2.61. The van der Waals surface area contributed by atoms with Crippen molar-refractivity contribution in [1.82, 2.24) is 42.1 Å². The third-order valence-electron chi connectivity index (χ3n) is 11.8. The number of unbranched alkanes of at least 4 members (excludes halogenated alkanes) is 1. The number of carboxylic acid groups (broad SMARTS) is 1. The summed E-state index contributed by atoms with van der Waals surface area (Å²) in [5.41, 5.74) is 17.7. The largest absolute Gasteiger partial charge is 0.508 e. The van der Waals surface area contributed by atoms with Crippen LogP contribution in [-0.2, 0) is 65.6 Å². The number of alkyl halides is 3. The summed E-state index contributed by atoms with van der Waals surface area (Å²) in [6.45, 7) is 3.55. The Kier molecular flexibility index (Phi) is 27.2. The van der Waals surface area contributed by atoms with Crippen molar-refractivity contribution in [2.45, 2.75) is 127 Å². The van der Waals surface area contributed by atoms with E-state index in [1.165, 1.54) is 27.8 Å². The highest BCUT2D eigenvalue weighted by Gasteiger charge is 2.41. The van der Waals surface area contributed by atoms with Gasteiger partial charge in [0.2, 0.25) is 59.1 Å². The molecule has 2 aromatic rings. The van der Waals surface area contributed by atoms with Crippen molar-refractivity contribution in [2.75, 3.05) is 31.1 Å². The van der Waals surface area contributed by atoms with E-state index in [0.717, 1.165) is 10.8 Å². The number of likely N-dealkylation sites (tertiary alicyclic amines) is 1. The number of phenols is 1. The maximum absolute atomic E-state index is 14.5. The fraction of sp³-hybridized carbons (Fsp3) is 0.531. The monoisotopic (exact) mass is 1140 g/mol. The van der Waals surface area contributed by atoms with Gasteiger partial charge in [-0.1, -0.05) is 77.9 Å². The average molecular weight is 1140 g/mol. The van der Waals surface area contributed by atoms with E-state index < -0.39 is 126 Å². The lowest BCUT2D eigenvalue weighted by Gasteiger charge is -2.31. The number of aromatic hydroxyl groups is 1. The lowest BCUT2D eigenvalue weighted by molar-refractivity contribution is -0.192. The normalized spacial score (nSPS) is 21.4. The standard InChI is InChI=1S/C47H67N11O11S2.C2HF3O2/c1-27(2)21-32-42(64)56-35(24-38(49)60)45(67)57-36(47(69)58-19-8-12-37(58)46(68)53-31(11-6-7-18-48)41(63)51-25-39(50)61)26-71-70-20-17-40(62)52-33(23-29-13-15-30(59)16-14-29)43(65)55-34(44(66)54-32)22-28-9-4-3-5-10-28;3-2(4,5)1(6)7/h3-5,9-10,13-16,27,31-37,59H,6-8,11-12,17-26,48H2,1-2H3,(H2,49,60)(H2,50,61)(H,51,63)(H,52,62)(H,53,68)(H,54,66)(H,55,65)(H,56,64)(H,57,67);(H,6,7). The van der Waals surface area contributed by atoms with Crippen LogP contribution in [0.15, 0.2) is 54.6 Å². The molecule has 7 unspecified atom stereocenters. The first kappa shape index (κ1) is 65.1. The van der Waals surface area contributed by atoms with Crippen LogP contribution in [0.2, 0.25) is 0 Å². The zero-order valence-electron chi connectivity index (χ0n) is 42.9. The van der Waals surface area contributed by atoms with Gasteiger partial charge < -0.3 is 69.5 Å². The summed E-state index contributed by atoms with van der Waals surface area (Å²) in [5, 5.41) is 35.6. The minimum Gasteiger partial charge on any atom is -0.508 e. The van der Waals surface area contributed by atoms with Crippen LogP contribution in [0.25, 0.3) is 0 Å². The molecule has 430 valence electrons. The number of nitrogens with zero attached hydrogens (tertiary/aromatic N) is 1. The molecule has 2 heterocycles. The summed E-state index contributed by atoms with van der Waals surface area (Å²) in [6.07, 6.45) is -4.12. The summed E-state index contributed by atoms with van der Waals surface area (Å²) in [5.74, 6) is -10.5. The van der Waals surface area contributed by atoms with Crippen molar-refractivity contribution in [2.24, 2.45) is 23.1 Å². The molecule has 0 aromatic heterocycles. The maximum Gasteiger partial charge on any atom is 0.490 e. The molecule has 0 spiro atoms. The smallest absolute Gasteiger partial charge is 0.490 e. The molecule has 24 nitrogen and oxygen atoms in total. The second-order valence-electron chi connectivity index (χ2n) is 18.6. The average Bonchev–Trinajstić information content (AvgIpc) is 3.87. The topological polar surface area (TPSA) is 394 Å². The molecule has 2 aliphatic heterocycles. The molecule has 0 bridgehead atoms. The molecule has 0 saturated carbocycles. The molecule has 2 aromatic carbocycles. The molecule has 15 N–H and O–H groups in total. The van der Waals surface area contributed by atoms with Crippen molar-refractivity contribution >= 4 is 86.6 Å². The number of aliphatic carboxylic acids is 1. The number of nitrogens with two attached hydrogens (primary N) is 3. The van der Waals surface area contributed by atoms with Gasteiger partial charge >= 0.3 is 12.1 Å². The van der Waals surface area contributed by atoms with Crippen LogP contribution < -0.4 is 54.4 Å².